The zero-order chi connectivity index (χ0) is 7.14. The molecular weight excluding hydrogens is 130 g/mol. The standard InChI is InChI=1S/C6H7N3O/c1-9-3-8-6-4(9)2-5(7)10-6/h2-3H,7H2,1H3. The summed E-state index contributed by atoms with van der Waals surface area (Å²) in [5.74, 6) is 0.411. The Morgan fingerprint density at radius 3 is 3.20 bits per heavy atom. The number of fused-ring (bicyclic) bond motifs is 1. The van der Waals surface area contributed by atoms with Crippen molar-refractivity contribution in [3.63, 3.8) is 0 Å². The summed E-state index contributed by atoms with van der Waals surface area (Å²) in [5.41, 5.74) is 6.91. The molecule has 0 saturated heterocycles. The number of rotatable bonds is 0. The Labute approximate surface area is 57.3 Å². The molecule has 0 saturated carbocycles. The lowest BCUT2D eigenvalue weighted by molar-refractivity contribution is 0.625. The third-order valence-corrected chi connectivity index (χ3v) is 1.44. The molecule has 2 rings (SSSR count). The van der Waals surface area contributed by atoms with Gasteiger partial charge < -0.3 is 14.7 Å². The van der Waals surface area contributed by atoms with E-state index in [-0.39, 0.29) is 0 Å². The number of imidazole rings is 1. The number of furan rings is 1. The number of hydrogen-bond acceptors (Lipinski definition) is 3. The Balaban J connectivity index is 2.90. The van der Waals surface area contributed by atoms with Crippen molar-refractivity contribution >= 4 is 17.1 Å². The van der Waals surface area contributed by atoms with Crippen molar-refractivity contribution in [2.75, 3.05) is 5.73 Å². The molecule has 0 aliphatic carbocycles. The molecule has 0 radical (unpaired) electrons. The van der Waals surface area contributed by atoms with E-state index in [1.165, 1.54) is 0 Å². The van der Waals surface area contributed by atoms with Crippen LogP contribution < -0.4 is 5.73 Å². The number of nitrogens with zero attached hydrogens (tertiary/aromatic N) is 2. The van der Waals surface area contributed by atoms with Gasteiger partial charge in [-0.15, -0.1) is 0 Å². The lowest BCUT2D eigenvalue weighted by Gasteiger charge is -1.83. The lowest BCUT2D eigenvalue weighted by atomic mass is 10.5. The number of hydrogen-bond donors (Lipinski definition) is 1. The molecule has 0 aliphatic heterocycles. The predicted molar refractivity (Wildman–Crippen MR) is 37.4 cm³/mol. The fourth-order valence-electron chi connectivity index (χ4n) is 0.936. The fraction of sp³-hybridized carbons (Fsp3) is 0.167. The molecule has 0 fully saturated rings. The molecule has 0 spiro atoms. The first kappa shape index (κ1) is 5.34. The molecule has 0 aromatic carbocycles. The van der Waals surface area contributed by atoms with Crippen molar-refractivity contribution in [3.05, 3.63) is 12.4 Å². The van der Waals surface area contributed by atoms with Crippen LogP contribution in [0.15, 0.2) is 16.8 Å². The average Bonchev–Trinajstić information content (AvgIpc) is 2.35. The number of nitrogen functional groups attached to an aromatic ring is 1. The largest absolute Gasteiger partial charge is 0.421 e. The Morgan fingerprint density at radius 1 is 1.70 bits per heavy atom. The van der Waals surface area contributed by atoms with Crippen molar-refractivity contribution in [1.82, 2.24) is 9.55 Å². The Kier molecular flexibility index (Phi) is 0.818. The minimum absolute atomic E-state index is 0.411. The van der Waals surface area contributed by atoms with E-state index in [2.05, 4.69) is 4.98 Å². The summed E-state index contributed by atoms with van der Waals surface area (Å²) in [6, 6.07) is 1.75. The maximum atomic E-state index is 5.38. The molecule has 0 atom stereocenters. The van der Waals surface area contributed by atoms with Crippen LogP contribution in [0.25, 0.3) is 11.2 Å². The molecule has 10 heavy (non-hydrogen) atoms. The monoisotopic (exact) mass is 137 g/mol. The van der Waals surface area contributed by atoms with Crippen LogP contribution in [-0.2, 0) is 7.05 Å². The topological polar surface area (TPSA) is 57.0 Å². The summed E-state index contributed by atoms with van der Waals surface area (Å²) in [6.45, 7) is 0. The van der Waals surface area contributed by atoms with Crippen LogP contribution >= 0.6 is 0 Å². The van der Waals surface area contributed by atoms with Gasteiger partial charge in [0.15, 0.2) is 5.88 Å². The van der Waals surface area contributed by atoms with Gasteiger partial charge in [-0.3, -0.25) is 0 Å². The molecule has 2 aromatic heterocycles. The molecule has 2 N–H and O–H groups in total. The van der Waals surface area contributed by atoms with Gasteiger partial charge in [0.1, 0.15) is 5.52 Å². The highest BCUT2D eigenvalue weighted by molar-refractivity contribution is 5.73. The van der Waals surface area contributed by atoms with E-state index in [1.807, 2.05) is 11.6 Å². The first-order valence-electron chi connectivity index (χ1n) is 2.94. The van der Waals surface area contributed by atoms with Gasteiger partial charge in [-0.25, -0.2) is 4.98 Å². The second kappa shape index (κ2) is 1.53. The first-order valence-corrected chi connectivity index (χ1v) is 2.94. The Morgan fingerprint density at radius 2 is 2.50 bits per heavy atom. The minimum Gasteiger partial charge on any atom is -0.421 e. The van der Waals surface area contributed by atoms with E-state index >= 15 is 0 Å². The molecule has 52 valence electrons. The second-order valence-electron chi connectivity index (χ2n) is 2.19. The van der Waals surface area contributed by atoms with Gasteiger partial charge in [-0.05, 0) is 0 Å². The van der Waals surface area contributed by atoms with Gasteiger partial charge in [0.05, 0.1) is 6.33 Å². The molecular formula is C6H7N3O. The molecule has 0 amide bonds. The fourth-order valence-corrected chi connectivity index (χ4v) is 0.936. The number of aromatic nitrogens is 2. The molecule has 4 heteroatoms. The summed E-state index contributed by atoms with van der Waals surface area (Å²) < 4.78 is 6.89. The van der Waals surface area contributed by atoms with E-state index in [1.54, 1.807) is 12.4 Å². The summed E-state index contributed by atoms with van der Waals surface area (Å²) in [7, 11) is 1.89. The molecule has 0 aliphatic rings. The van der Waals surface area contributed by atoms with Gasteiger partial charge in [0.25, 0.3) is 0 Å². The van der Waals surface area contributed by atoms with Crippen LogP contribution in [0.1, 0.15) is 0 Å². The van der Waals surface area contributed by atoms with Crippen molar-refractivity contribution in [3.8, 4) is 0 Å². The van der Waals surface area contributed by atoms with Crippen LogP contribution in [0.4, 0.5) is 5.88 Å². The van der Waals surface area contributed by atoms with Gasteiger partial charge in [0, 0.05) is 13.1 Å². The van der Waals surface area contributed by atoms with Crippen LogP contribution in [-0.4, -0.2) is 9.55 Å². The smallest absolute Gasteiger partial charge is 0.246 e. The molecule has 2 heterocycles. The predicted octanol–water partition coefficient (Wildman–Crippen LogP) is 0.748. The highest BCUT2D eigenvalue weighted by Gasteiger charge is 2.03. The summed E-state index contributed by atoms with van der Waals surface area (Å²) in [4.78, 5) is 3.96. The van der Waals surface area contributed by atoms with E-state index < -0.39 is 0 Å². The first-order chi connectivity index (χ1) is 4.77. The van der Waals surface area contributed by atoms with Crippen molar-refractivity contribution in [1.29, 1.82) is 0 Å². The number of anilines is 1. The lowest BCUT2D eigenvalue weighted by Crippen LogP contribution is -1.82. The van der Waals surface area contributed by atoms with Crippen molar-refractivity contribution < 1.29 is 4.42 Å². The maximum absolute atomic E-state index is 5.38. The van der Waals surface area contributed by atoms with E-state index in [0.717, 1.165) is 5.52 Å². The van der Waals surface area contributed by atoms with Crippen LogP contribution in [0.3, 0.4) is 0 Å². The quantitative estimate of drug-likeness (QED) is 0.582. The molecule has 0 bridgehead atoms. The van der Waals surface area contributed by atoms with E-state index in [9.17, 15) is 0 Å². The number of aryl methyl sites for hydroxylation is 1. The highest BCUT2D eigenvalue weighted by atomic mass is 16.4. The zero-order valence-electron chi connectivity index (χ0n) is 5.53. The van der Waals surface area contributed by atoms with Crippen molar-refractivity contribution in [2.24, 2.45) is 7.05 Å². The summed E-state index contributed by atoms with van der Waals surface area (Å²) >= 11 is 0. The van der Waals surface area contributed by atoms with Crippen LogP contribution in [0.5, 0.6) is 0 Å². The van der Waals surface area contributed by atoms with Gasteiger partial charge in [-0.2, -0.15) is 0 Å². The number of nitrogens with two attached hydrogens (primary N) is 1. The van der Waals surface area contributed by atoms with Gasteiger partial charge in [0.2, 0.25) is 5.71 Å². The van der Waals surface area contributed by atoms with Gasteiger partial charge in [-0.1, -0.05) is 0 Å². The Bertz CT molecular complexity index is 360. The van der Waals surface area contributed by atoms with Crippen LogP contribution in [0, 0.1) is 0 Å². The summed E-state index contributed by atoms with van der Waals surface area (Å²) in [5, 5.41) is 0. The van der Waals surface area contributed by atoms with E-state index in [4.69, 9.17) is 10.2 Å². The normalized spacial score (nSPS) is 10.9. The Hall–Kier alpha value is -1.45. The average molecular weight is 137 g/mol. The van der Waals surface area contributed by atoms with Crippen molar-refractivity contribution in [2.45, 2.75) is 0 Å². The second-order valence-corrected chi connectivity index (χ2v) is 2.19. The maximum Gasteiger partial charge on any atom is 0.246 e. The molecule has 4 nitrogen and oxygen atoms in total. The van der Waals surface area contributed by atoms with Crippen LogP contribution in [0.2, 0.25) is 0 Å². The summed E-state index contributed by atoms with van der Waals surface area (Å²) in [6.07, 6.45) is 1.69. The van der Waals surface area contributed by atoms with Gasteiger partial charge >= 0.3 is 0 Å². The minimum atomic E-state index is 0.411. The zero-order valence-corrected chi connectivity index (χ0v) is 5.53. The SMILES string of the molecule is Cn1cnc2oc(N)cc21. The third kappa shape index (κ3) is 0.528. The van der Waals surface area contributed by atoms with E-state index in [0.29, 0.717) is 11.6 Å². The molecule has 2 aromatic rings. The molecule has 0 unspecified atom stereocenters. The highest BCUT2D eigenvalue weighted by Crippen LogP contribution is 2.17. The third-order valence-electron chi connectivity index (χ3n) is 1.44.